The molecule has 1 aromatic carbocycles. The number of halogens is 2. The molecule has 0 radical (unpaired) electrons. The number of carbonyl (C=O) groups is 1. The van der Waals surface area contributed by atoms with Crippen molar-refractivity contribution in [2.75, 3.05) is 46.7 Å². The van der Waals surface area contributed by atoms with Crippen LogP contribution in [0.1, 0.15) is 40.5 Å². The van der Waals surface area contributed by atoms with E-state index in [2.05, 4.69) is 14.9 Å². The number of carbonyl (C=O) groups excluding carboxylic acids is 1. The largest absolute Gasteiger partial charge is 0.495 e. The summed E-state index contributed by atoms with van der Waals surface area (Å²) in [6, 6.07) is 3.23. The second-order valence-electron chi connectivity index (χ2n) is 11.8. The van der Waals surface area contributed by atoms with Gasteiger partial charge >= 0.3 is 6.09 Å². The lowest BCUT2D eigenvalue weighted by molar-refractivity contribution is 0.0144. The molecule has 1 aliphatic rings. The molecule has 0 N–H and O–H groups in total. The second kappa shape index (κ2) is 13.7. The Bertz CT molecular complexity index is 1720. The number of benzene rings is 1. The Hall–Kier alpha value is -3.13. The Kier molecular flexibility index (Phi) is 10.6. The van der Waals surface area contributed by atoms with Crippen LogP contribution < -0.4 is 15.0 Å². The van der Waals surface area contributed by atoms with Crippen molar-refractivity contribution in [3.05, 3.63) is 38.7 Å². The van der Waals surface area contributed by atoms with Crippen LogP contribution in [0.3, 0.4) is 0 Å². The third-order valence-corrected chi connectivity index (χ3v) is 9.24. The zero-order valence-corrected chi connectivity index (χ0v) is 28.8. The molecular formula is C30H39Cl2N5O7S. The lowest BCUT2D eigenvalue weighted by Crippen LogP contribution is -2.48. The molecule has 2 aromatic heterocycles. The van der Waals surface area contributed by atoms with Crippen LogP contribution in [-0.4, -0.2) is 97.1 Å². The van der Waals surface area contributed by atoms with Gasteiger partial charge in [0.1, 0.15) is 22.7 Å². The van der Waals surface area contributed by atoms with Crippen LogP contribution in [0.15, 0.2) is 28.3 Å². The van der Waals surface area contributed by atoms with E-state index in [4.69, 9.17) is 37.4 Å². The first-order chi connectivity index (χ1) is 21.1. The van der Waals surface area contributed by atoms with Gasteiger partial charge < -0.3 is 19.1 Å². The molecule has 45 heavy (non-hydrogen) atoms. The van der Waals surface area contributed by atoms with Gasteiger partial charge in [0.05, 0.1) is 29.8 Å². The maximum atomic E-state index is 14.2. The highest BCUT2D eigenvalue weighted by Gasteiger charge is 2.30. The number of pyridine rings is 1. The fourth-order valence-corrected chi connectivity index (χ4v) is 6.60. The number of likely N-dealkylation sites (N-methyl/N-ethyl adjacent to an activating group) is 1. The van der Waals surface area contributed by atoms with E-state index < -0.39 is 26.2 Å². The van der Waals surface area contributed by atoms with Crippen LogP contribution in [-0.2, 0) is 21.1 Å². The highest BCUT2D eigenvalue weighted by molar-refractivity contribution is 7.90. The molecule has 246 valence electrons. The SMILES string of the molecule is CCN(CCn1c(=O)c(-c2c(Cl)c(OC)cc(OC)c2Cl)cc2cnc(S(C)(=O)=O)nc21)C1CCN(C(=O)OC(C)(C)C)CC1. The molecule has 1 saturated heterocycles. The van der Waals surface area contributed by atoms with Crippen LogP contribution >= 0.6 is 23.2 Å². The van der Waals surface area contributed by atoms with Gasteiger partial charge in [-0.2, -0.15) is 4.98 Å². The molecule has 0 aliphatic carbocycles. The Labute approximate surface area is 273 Å². The number of rotatable bonds is 9. The Balaban J connectivity index is 1.73. The first-order valence-electron chi connectivity index (χ1n) is 14.5. The molecule has 1 aliphatic heterocycles. The van der Waals surface area contributed by atoms with Crippen molar-refractivity contribution < 1.29 is 27.4 Å². The first kappa shape index (κ1) is 34.7. The van der Waals surface area contributed by atoms with E-state index in [0.29, 0.717) is 31.6 Å². The highest BCUT2D eigenvalue weighted by Crippen LogP contribution is 2.45. The zero-order chi connectivity index (χ0) is 33.3. The van der Waals surface area contributed by atoms with Crippen molar-refractivity contribution >= 4 is 50.2 Å². The van der Waals surface area contributed by atoms with Crippen molar-refractivity contribution in [2.45, 2.75) is 63.9 Å². The minimum atomic E-state index is -3.76. The van der Waals surface area contributed by atoms with Crippen LogP contribution in [0.2, 0.25) is 10.0 Å². The highest BCUT2D eigenvalue weighted by atomic mass is 35.5. The van der Waals surface area contributed by atoms with Gasteiger partial charge in [-0.3, -0.25) is 14.3 Å². The molecule has 0 bridgehead atoms. The van der Waals surface area contributed by atoms with E-state index in [1.165, 1.54) is 37.1 Å². The second-order valence-corrected chi connectivity index (χ2v) is 14.5. The summed E-state index contributed by atoms with van der Waals surface area (Å²) >= 11 is 13.4. The third-order valence-electron chi connectivity index (χ3n) is 7.63. The van der Waals surface area contributed by atoms with E-state index in [1.807, 2.05) is 27.7 Å². The number of amides is 1. The van der Waals surface area contributed by atoms with Gasteiger partial charge in [0, 0.05) is 61.7 Å². The number of likely N-dealkylation sites (tertiary alicyclic amines) is 1. The number of sulfone groups is 1. The molecule has 4 rings (SSSR count). The van der Waals surface area contributed by atoms with E-state index in [-0.39, 0.29) is 57.0 Å². The van der Waals surface area contributed by atoms with Gasteiger partial charge in [-0.25, -0.2) is 18.2 Å². The predicted octanol–water partition coefficient (Wildman–Crippen LogP) is 4.91. The molecule has 0 unspecified atom stereocenters. The molecule has 0 spiro atoms. The number of nitrogens with zero attached hydrogens (tertiary/aromatic N) is 5. The van der Waals surface area contributed by atoms with Crippen LogP contribution in [0.5, 0.6) is 11.5 Å². The van der Waals surface area contributed by atoms with E-state index in [1.54, 1.807) is 4.90 Å². The minimum Gasteiger partial charge on any atom is -0.495 e. The van der Waals surface area contributed by atoms with E-state index >= 15 is 0 Å². The Morgan fingerprint density at radius 1 is 1.09 bits per heavy atom. The monoisotopic (exact) mass is 683 g/mol. The number of aromatic nitrogens is 3. The Morgan fingerprint density at radius 2 is 1.69 bits per heavy atom. The molecule has 0 saturated carbocycles. The summed E-state index contributed by atoms with van der Waals surface area (Å²) in [6.45, 7) is 9.98. The molecule has 3 aromatic rings. The van der Waals surface area contributed by atoms with E-state index in [0.717, 1.165) is 19.1 Å². The fraction of sp³-hybridized carbons (Fsp3) is 0.533. The Morgan fingerprint density at radius 3 is 2.20 bits per heavy atom. The topological polar surface area (TPSA) is 133 Å². The summed E-state index contributed by atoms with van der Waals surface area (Å²) in [5.74, 6) is 0.523. The molecule has 0 atom stereocenters. The number of ether oxygens (including phenoxy) is 3. The predicted molar refractivity (Wildman–Crippen MR) is 174 cm³/mol. The van der Waals surface area contributed by atoms with Gasteiger partial charge in [0.25, 0.3) is 5.56 Å². The summed E-state index contributed by atoms with van der Waals surface area (Å²) in [5, 5.41) is 0.260. The minimum absolute atomic E-state index is 0.118. The average Bonchev–Trinajstić information content (AvgIpc) is 2.97. The van der Waals surface area contributed by atoms with Gasteiger partial charge in [-0.05, 0) is 46.2 Å². The van der Waals surface area contributed by atoms with Crippen LogP contribution in [0, 0.1) is 0 Å². The maximum absolute atomic E-state index is 14.2. The number of methoxy groups -OCH3 is 2. The number of fused-ring (bicyclic) bond motifs is 1. The van der Waals surface area contributed by atoms with Crippen molar-refractivity contribution in [1.82, 2.24) is 24.3 Å². The number of hydrogen-bond acceptors (Lipinski definition) is 10. The van der Waals surface area contributed by atoms with Crippen LogP contribution in [0.4, 0.5) is 4.79 Å². The van der Waals surface area contributed by atoms with Gasteiger partial charge in [-0.1, -0.05) is 30.1 Å². The number of piperidine rings is 1. The molecule has 1 amide bonds. The molecule has 12 nitrogen and oxygen atoms in total. The molecule has 3 heterocycles. The van der Waals surface area contributed by atoms with Crippen molar-refractivity contribution in [3.8, 4) is 22.6 Å². The normalized spacial score (nSPS) is 14.7. The van der Waals surface area contributed by atoms with E-state index in [9.17, 15) is 18.0 Å². The lowest BCUT2D eigenvalue weighted by atomic mass is 10.0. The van der Waals surface area contributed by atoms with Gasteiger partial charge in [0.2, 0.25) is 15.0 Å². The number of hydrogen-bond donors (Lipinski definition) is 0. The zero-order valence-electron chi connectivity index (χ0n) is 26.5. The molecular weight excluding hydrogens is 645 g/mol. The molecule has 1 fully saturated rings. The van der Waals surface area contributed by atoms with Gasteiger partial charge in [-0.15, -0.1) is 0 Å². The third kappa shape index (κ3) is 7.65. The van der Waals surface area contributed by atoms with Crippen molar-refractivity contribution in [1.29, 1.82) is 0 Å². The lowest BCUT2D eigenvalue weighted by Gasteiger charge is -2.38. The quantitative estimate of drug-likeness (QED) is 0.287. The summed E-state index contributed by atoms with van der Waals surface area (Å²) in [5.41, 5.74) is -0.519. The van der Waals surface area contributed by atoms with Gasteiger partial charge in [0.15, 0.2) is 0 Å². The fourth-order valence-electron chi connectivity index (χ4n) is 5.40. The molecule has 15 heteroatoms. The summed E-state index contributed by atoms with van der Waals surface area (Å²) in [7, 11) is -0.882. The van der Waals surface area contributed by atoms with Crippen molar-refractivity contribution in [3.63, 3.8) is 0 Å². The van der Waals surface area contributed by atoms with Crippen molar-refractivity contribution in [2.24, 2.45) is 0 Å². The summed E-state index contributed by atoms with van der Waals surface area (Å²) in [4.78, 5) is 39.1. The average molecular weight is 685 g/mol. The van der Waals surface area contributed by atoms with Crippen LogP contribution in [0.25, 0.3) is 22.2 Å². The standard InChI is InChI=1S/C30H39Cl2N5O7S/c1-8-35(19-9-11-36(12-10-19)29(39)44-30(2,3)4)13-14-37-26-18(17-33-28(34-26)45(7,40)41)15-20(27(37)38)23-24(31)21(42-5)16-22(43-6)25(23)32/h15-17,19H,8-14H2,1-7H3. The first-order valence-corrected chi connectivity index (χ1v) is 17.2. The summed E-state index contributed by atoms with van der Waals surface area (Å²) in [6.07, 6.45) is 3.51. The maximum Gasteiger partial charge on any atom is 0.410 e. The summed E-state index contributed by atoms with van der Waals surface area (Å²) < 4.78 is 42.5. The smallest absolute Gasteiger partial charge is 0.410 e.